The number of aromatic nitrogens is 2. The fourth-order valence-electron chi connectivity index (χ4n) is 1.75. The van der Waals surface area contributed by atoms with E-state index < -0.39 is 18.8 Å². The van der Waals surface area contributed by atoms with Crippen molar-refractivity contribution in [2.75, 3.05) is 20.3 Å². The molecule has 0 radical (unpaired) electrons. The molecule has 1 atom stereocenters. The number of alkyl halides is 3. The van der Waals surface area contributed by atoms with Crippen LogP contribution >= 0.6 is 0 Å². The second kappa shape index (κ2) is 6.91. The summed E-state index contributed by atoms with van der Waals surface area (Å²) in [6, 6.07) is -0.649. The summed E-state index contributed by atoms with van der Waals surface area (Å²) in [5, 5.41) is 4.13. The molecule has 20 heavy (non-hydrogen) atoms. The van der Waals surface area contributed by atoms with Crippen LogP contribution in [0.4, 0.5) is 13.2 Å². The second-order valence-corrected chi connectivity index (χ2v) is 4.49. The molecular weight excluding hydrogens is 277 g/mol. The third kappa shape index (κ3) is 4.36. The molecule has 1 aromatic rings. The first-order valence-electron chi connectivity index (χ1n) is 6.02. The minimum absolute atomic E-state index is 0.00682. The first-order valence-corrected chi connectivity index (χ1v) is 6.02. The van der Waals surface area contributed by atoms with Crippen LogP contribution in [0.25, 0.3) is 0 Å². The molecule has 9 heteroatoms. The maximum absolute atomic E-state index is 12.1. The van der Waals surface area contributed by atoms with Crippen LogP contribution < -0.4 is 16.0 Å². The molecule has 1 aromatic heterocycles. The SMILES string of the molecule is COc1cnn(C(C)C)c1C(COCC(F)(F)F)NN. The largest absolute Gasteiger partial charge is 0.493 e. The number of halogens is 3. The summed E-state index contributed by atoms with van der Waals surface area (Å²) in [5.74, 6) is 5.84. The third-order valence-electron chi connectivity index (χ3n) is 2.59. The normalized spacial score (nSPS) is 13.8. The van der Waals surface area contributed by atoms with Crippen LogP contribution in [0.15, 0.2) is 6.20 Å². The van der Waals surface area contributed by atoms with E-state index in [0.29, 0.717) is 11.4 Å². The lowest BCUT2D eigenvalue weighted by Crippen LogP contribution is -2.34. The minimum atomic E-state index is -4.37. The van der Waals surface area contributed by atoms with Gasteiger partial charge in [-0.05, 0) is 13.8 Å². The Morgan fingerprint density at radius 3 is 2.55 bits per heavy atom. The average molecular weight is 296 g/mol. The van der Waals surface area contributed by atoms with Gasteiger partial charge in [0.15, 0.2) is 5.75 Å². The summed E-state index contributed by atoms with van der Waals surface area (Å²) in [5.41, 5.74) is 2.98. The van der Waals surface area contributed by atoms with Crippen LogP contribution in [0, 0.1) is 0 Å². The van der Waals surface area contributed by atoms with Gasteiger partial charge in [-0.25, -0.2) is 5.43 Å². The Hall–Kier alpha value is -1.32. The van der Waals surface area contributed by atoms with Crippen molar-refractivity contribution in [2.45, 2.75) is 32.1 Å². The van der Waals surface area contributed by atoms with Gasteiger partial charge in [0.05, 0.1) is 26.0 Å². The van der Waals surface area contributed by atoms with Crippen molar-refractivity contribution in [2.24, 2.45) is 5.84 Å². The van der Waals surface area contributed by atoms with Gasteiger partial charge in [-0.2, -0.15) is 18.3 Å². The molecule has 0 amide bonds. The highest BCUT2D eigenvalue weighted by atomic mass is 19.4. The lowest BCUT2D eigenvalue weighted by molar-refractivity contribution is -0.175. The summed E-state index contributed by atoms with van der Waals surface area (Å²) in [7, 11) is 1.45. The first-order chi connectivity index (χ1) is 9.30. The van der Waals surface area contributed by atoms with Gasteiger partial charge in [-0.3, -0.25) is 10.5 Å². The third-order valence-corrected chi connectivity index (χ3v) is 2.59. The number of nitrogens with zero attached hydrogens (tertiary/aromatic N) is 2. The fraction of sp³-hybridized carbons (Fsp3) is 0.727. The molecule has 0 spiro atoms. The monoisotopic (exact) mass is 296 g/mol. The summed E-state index contributed by atoms with van der Waals surface area (Å²) in [6.45, 7) is 2.20. The molecule has 1 heterocycles. The molecule has 0 aliphatic rings. The molecule has 0 bridgehead atoms. The number of hydrogen-bond acceptors (Lipinski definition) is 5. The summed E-state index contributed by atoms with van der Waals surface area (Å²) in [4.78, 5) is 0. The van der Waals surface area contributed by atoms with Gasteiger partial charge >= 0.3 is 6.18 Å². The maximum atomic E-state index is 12.1. The predicted molar refractivity (Wildman–Crippen MR) is 66.1 cm³/mol. The van der Waals surface area contributed by atoms with Crippen molar-refractivity contribution < 1.29 is 22.6 Å². The molecule has 0 aromatic carbocycles. The van der Waals surface area contributed by atoms with E-state index >= 15 is 0 Å². The molecule has 3 N–H and O–H groups in total. The lowest BCUT2D eigenvalue weighted by atomic mass is 10.2. The van der Waals surface area contributed by atoms with E-state index in [9.17, 15) is 13.2 Å². The van der Waals surface area contributed by atoms with Crippen LogP contribution in [0.3, 0.4) is 0 Å². The van der Waals surface area contributed by atoms with Crippen LogP contribution in [0.5, 0.6) is 5.75 Å². The molecule has 6 nitrogen and oxygen atoms in total. The molecule has 0 saturated carbocycles. The Morgan fingerprint density at radius 2 is 2.10 bits per heavy atom. The van der Waals surface area contributed by atoms with Crippen LogP contribution in [-0.2, 0) is 4.74 Å². The number of ether oxygens (including phenoxy) is 2. The van der Waals surface area contributed by atoms with Crippen molar-refractivity contribution in [1.82, 2.24) is 15.2 Å². The summed E-state index contributed by atoms with van der Waals surface area (Å²) < 4.78 is 47.7. The van der Waals surface area contributed by atoms with Crippen molar-refractivity contribution in [3.05, 3.63) is 11.9 Å². The average Bonchev–Trinajstić information content (AvgIpc) is 2.77. The van der Waals surface area contributed by atoms with Gasteiger partial charge in [0.25, 0.3) is 0 Å². The Kier molecular flexibility index (Phi) is 5.78. The van der Waals surface area contributed by atoms with E-state index in [2.05, 4.69) is 15.3 Å². The zero-order valence-corrected chi connectivity index (χ0v) is 11.6. The second-order valence-electron chi connectivity index (χ2n) is 4.49. The van der Waals surface area contributed by atoms with Crippen molar-refractivity contribution >= 4 is 0 Å². The zero-order chi connectivity index (χ0) is 15.3. The molecule has 1 rings (SSSR count). The van der Waals surface area contributed by atoms with E-state index in [1.54, 1.807) is 4.68 Å². The summed E-state index contributed by atoms with van der Waals surface area (Å²) >= 11 is 0. The van der Waals surface area contributed by atoms with Crippen LogP contribution in [0.1, 0.15) is 31.6 Å². The van der Waals surface area contributed by atoms with E-state index in [1.807, 2.05) is 13.8 Å². The van der Waals surface area contributed by atoms with Gasteiger partial charge < -0.3 is 9.47 Å². The number of nitrogens with one attached hydrogen (secondary N) is 1. The predicted octanol–water partition coefficient (Wildman–Crippen LogP) is 1.56. The van der Waals surface area contributed by atoms with Gasteiger partial charge in [0.2, 0.25) is 0 Å². The highest BCUT2D eigenvalue weighted by molar-refractivity contribution is 5.28. The van der Waals surface area contributed by atoms with E-state index in [0.717, 1.165) is 0 Å². The number of methoxy groups -OCH3 is 1. The van der Waals surface area contributed by atoms with Crippen molar-refractivity contribution in [1.29, 1.82) is 0 Å². The van der Waals surface area contributed by atoms with Gasteiger partial charge in [-0.15, -0.1) is 0 Å². The van der Waals surface area contributed by atoms with E-state index in [1.165, 1.54) is 13.3 Å². The van der Waals surface area contributed by atoms with Gasteiger partial charge in [-0.1, -0.05) is 0 Å². The Morgan fingerprint density at radius 1 is 1.45 bits per heavy atom. The highest BCUT2D eigenvalue weighted by Crippen LogP contribution is 2.27. The van der Waals surface area contributed by atoms with Crippen LogP contribution in [0.2, 0.25) is 0 Å². The molecule has 0 saturated heterocycles. The fourth-order valence-corrected chi connectivity index (χ4v) is 1.75. The Bertz CT molecular complexity index is 420. The van der Waals surface area contributed by atoms with Crippen LogP contribution in [-0.4, -0.2) is 36.3 Å². The first kappa shape index (κ1) is 16.7. The standard InChI is InChI=1S/C11H19F3N4O2/c1-7(2)18-10(9(19-3)4-16-18)8(17-15)5-20-6-11(12,13)14/h4,7-8,17H,5-6,15H2,1-3H3. The topological polar surface area (TPSA) is 74.3 Å². The lowest BCUT2D eigenvalue weighted by Gasteiger charge is -2.21. The summed E-state index contributed by atoms with van der Waals surface area (Å²) in [6.07, 6.45) is -2.88. The number of hydrazine groups is 1. The molecule has 0 aliphatic carbocycles. The van der Waals surface area contributed by atoms with Gasteiger partial charge in [0.1, 0.15) is 12.3 Å². The molecule has 1 unspecified atom stereocenters. The Balaban J connectivity index is 2.85. The zero-order valence-electron chi connectivity index (χ0n) is 11.6. The number of nitrogens with two attached hydrogens (primary N) is 1. The van der Waals surface area contributed by atoms with Crippen molar-refractivity contribution in [3.8, 4) is 5.75 Å². The Labute approximate surface area is 115 Å². The highest BCUT2D eigenvalue weighted by Gasteiger charge is 2.29. The molecule has 116 valence electrons. The smallest absolute Gasteiger partial charge is 0.411 e. The quantitative estimate of drug-likeness (QED) is 0.590. The van der Waals surface area contributed by atoms with E-state index in [4.69, 9.17) is 10.6 Å². The number of hydrogen-bond donors (Lipinski definition) is 2. The number of rotatable bonds is 7. The molecular formula is C11H19F3N4O2. The molecule has 0 fully saturated rings. The van der Waals surface area contributed by atoms with E-state index in [-0.39, 0.29) is 12.6 Å². The van der Waals surface area contributed by atoms with Crippen molar-refractivity contribution in [3.63, 3.8) is 0 Å². The molecule has 0 aliphatic heterocycles. The van der Waals surface area contributed by atoms with Gasteiger partial charge in [0, 0.05) is 6.04 Å². The minimum Gasteiger partial charge on any atom is -0.493 e. The maximum Gasteiger partial charge on any atom is 0.411 e.